The van der Waals surface area contributed by atoms with Crippen molar-refractivity contribution < 1.29 is 0 Å². The average Bonchev–Trinajstić information content (AvgIpc) is 2.52. The van der Waals surface area contributed by atoms with Gasteiger partial charge in [0.25, 0.3) is 5.56 Å². The first-order chi connectivity index (χ1) is 10.1. The Balaban J connectivity index is 2.50. The molecule has 0 spiro atoms. The summed E-state index contributed by atoms with van der Waals surface area (Å²) in [6.07, 6.45) is 3.30. The molecule has 1 heterocycles. The number of aryl methyl sites for hydroxylation is 1. The Hall–Kier alpha value is -2.26. The highest BCUT2D eigenvalue weighted by atomic mass is 32.2. The van der Waals surface area contributed by atoms with E-state index in [1.165, 1.54) is 10.8 Å². The molecule has 0 aliphatic rings. The minimum Gasteiger partial charge on any atom is -0.299 e. The zero-order valence-corrected chi connectivity index (χ0v) is 12.7. The zero-order chi connectivity index (χ0) is 15.4. The van der Waals surface area contributed by atoms with Crippen molar-refractivity contribution in [2.75, 3.05) is 6.26 Å². The molecule has 0 radical (unpaired) electrons. The summed E-state index contributed by atoms with van der Waals surface area (Å²) in [5.41, 5.74) is -0.0986. The van der Waals surface area contributed by atoms with Crippen LogP contribution in [0.4, 0.5) is 0 Å². The Labute approximate surface area is 126 Å². The van der Waals surface area contributed by atoms with Gasteiger partial charge < -0.3 is 0 Å². The number of nitriles is 1. The molecule has 0 atom stereocenters. The van der Waals surface area contributed by atoms with E-state index in [2.05, 4.69) is 0 Å². The van der Waals surface area contributed by atoms with Crippen LogP contribution in [0.25, 0.3) is 0 Å². The van der Waals surface area contributed by atoms with Crippen molar-refractivity contribution >= 4 is 11.8 Å². The lowest BCUT2D eigenvalue weighted by atomic mass is 10.2. The fourth-order valence-electron chi connectivity index (χ4n) is 2.01. The summed E-state index contributed by atoms with van der Waals surface area (Å²) in [6, 6.07) is 9.49. The van der Waals surface area contributed by atoms with Gasteiger partial charge in [-0.25, -0.2) is 4.79 Å². The van der Waals surface area contributed by atoms with Crippen LogP contribution in [0.3, 0.4) is 0 Å². The van der Waals surface area contributed by atoms with Crippen LogP contribution in [-0.4, -0.2) is 15.4 Å². The Morgan fingerprint density at radius 1 is 1.24 bits per heavy atom. The summed E-state index contributed by atoms with van der Waals surface area (Å²) < 4.78 is 2.48. The number of hydrogen-bond acceptors (Lipinski definition) is 4. The molecule has 0 bridgehead atoms. The SMILES string of the molecule is CCn1cc(C#N)c(=O)n(Cc2ccc(SC)cc2)c1=O. The quantitative estimate of drug-likeness (QED) is 0.806. The van der Waals surface area contributed by atoms with Crippen LogP contribution in [0, 0.1) is 11.3 Å². The maximum Gasteiger partial charge on any atom is 0.331 e. The van der Waals surface area contributed by atoms with Gasteiger partial charge in [0.2, 0.25) is 0 Å². The van der Waals surface area contributed by atoms with Gasteiger partial charge in [-0.05, 0) is 30.9 Å². The lowest BCUT2D eigenvalue weighted by Crippen LogP contribution is -2.40. The van der Waals surface area contributed by atoms with Crippen molar-refractivity contribution in [3.63, 3.8) is 0 Å². The predicted molar refractivity (Wildman–Crippen MR) is 82.7 cm³/mol. The van der Waals surface area contributed by atoms with Crippen LogP contribution in [0.5, 0.6) is 0 Å². The molecule has 0 aliphatic carbocycles. The fraction of sp³-hybridized carbons (Fsp3) is 0.267. The van der Waals surface area contributed by atoms with Crippen LogP contribution >= 0.6 is 11.8 Å². The van der Waals surface area contributed by atoms with E-state index in [4.69, 9.17) is 5.26 Å². The fourth-order valence-corrected chi connectivity index (χ4v) is 2.42. The Morgan fingerprint density at radius 2 is 1.90 bits per heavy atom. The van der Waals surface area contributed by atoms with Crippen molar-refractivity contribution in [2.45, 2.75) is 24.9 Å². The third-order valence-electron chi connectivity index (χ3n) is 3.20. The van der Waals surface area contributed by atoms with Crippen molar-refractivity contribution in [3.05, 3.63) is 62.4 Å². The van der Waals surface area contributed by atoms with Crippen LogP contribution in [0.15, 0.2) is 44.9 Å². The highest BCUT2D eigenvalue weighted by Gasteiger charge is 2.10. The lowest BCUT2D eigenvalue weighted by Gasteiger charge is -2.09. The van der Waals surface area contributed by atoms with E-state index in [0.717, 1.165) is 15.0 Å². The van der Waals surface area contributed by atoms with Crippen LogP contribution in [0.2, 0.25) is 0 Å². The van der Waals surface area contributed by atoms with E-state index >= 15 is 0 Å². The molecular weight excluding hydrogens is 286 g/mol. The summed E-state index contributed by atoms with van der Waals surface area (Å²) in [5, 5.41) is 9.01. The monoisotopic (exact) mass is 301 g/mol. The second-order valence-corrected chi connectivity index (χ2v) is 5.34. The topological polar surface area (TPSA) is 67.8 Å². The second kappa shape index (κ2) is 6.46. The van der Waals surface area contributed by atoms with Gasteiger partial charge in [-0.3, -0.25) is 13.9 Å². The average molecular weight is 301 g/mol. The molecule has 0 saturated heterocycles. The van der Waals surface area contributed by atoms with E-state index in [0.29, 0.717) is 6.54 Å². The minimum absolute atomic E-state index is 0.0165. The van der Waals surface area contributed by atoms with E-state index in [1.54, 1.807) is 18.7 Å². The first-order valence-electron chi connectivity index (χ1n) is 6.48. The Bertz CT molecular complexity index is 798. The van der Waals surface area contributed by atoms with Gasteiger partial charge in [-0.15, -0.1) is 11.8 Å². The van der Waals surface area contributed by atoms with Crippen LogP contribution in [0.1, 0.15) is 18.1 Å². The van der Waals surface area contributed by atoms with Gasteiger partial charge in [0.15, 0.2) is 0 Å². The van der Waals surface area contributed by atoms with Crippen molar-refractivity contribution in [1.29, 1.82) is 5.26 Å². The molecule has 0 N–H and O–H groups in total. The number of hydrogen-bond donors (Lipinski definition) is 0. The van der Waals surface area contributed by atoms with Crippen molar-refractivity contribution in [2.24, 2.45) is 0 Å². The molecule has 0 fully saturated rings. The van der Waals surface area contributed by atoms with Crippen LogP contribution in [-0.2, 0) is 13.1 Å². The molecule has 1 aromatic carbocycles. The van der Waals surface area contributed by atoms with Gasteiger partial charge in [-0.2, -0.15) is 5.26 Å². The maximum absolute atomic E-state index is 12.2. The number of aromatic nitrogens is 2. The van der Waals surface area contributed by atoms with E-state index < -0.39 is 11.2 Å². The van der Waals surface area contributed by atoms with Gasteiger partial charge >= 0.3 is 5.69 Å². The van der Waals surface area contributed by atoms with E-state index in [-0.39, 0.29) is 12.1 Å². The second-order valence-electron chi connectivity index (χ2n) is 4.46. The van der Waals surface area contributed by atoms with E-state index in [1.807, 2.05) is 36.6 Å². The normalized spacial score (nSPS) is 10.3. The molecule has 2 rings (SSSR count). The number of nitrogens with zero attached hydrogens (tertiary/aromatic N) is 3. The molecule has 0 aliphatic heterocycles. The zero-order valence-electron chi connectivity index (χ0n) is 11.9. The smallest absolute Gasteiger partial charge is 0.299 e. The van der Waals surface area contributed by atoms with Crippen molar-refractivity contribution in [1.82, 2.24) is 9.13 Å². The Kier molecular flexibility index (Phi) is 4.66. The molecule has 21 heavy (non-hydrogen) atoms. The van der Waals surface area contributed by atoms with Crippen LogP contribution < -0.4 is 11.2 Å². The number of rotatable bonds is 4. The highest BCUT2D eigenvalue weighted by Crippen LogP contribution is 2.14. The lowest BCUT2D eigenvalue weighted by molar-refractivity contribution is 0.597. The third-order valence-corrected chi connectivity index (χ3v) is 3.94. The standard InChI is InChI=1S/C15H15N3O2S/c1-3-17-10-12(8-16)14(19)18(15(17)20)9-11-4-6-13(21-2)7-5-11/h4-7,10H,3,9H2,1-2H3. The molecule has 0 amide bonds. The van der Waals surface area contributed by atoms with E-state index in [9.17, 15) is 9.59 Å². The molecular formula is C15H15N3O2S. The predicted octanol–water partition coefficient (Wildman–Crippen LogP) is 1.67. The highest BCUT2D eigenvalue weighted by molar-refractivity contribution is 7.98. The summed E-state index contributed by atoms with van der Waals surface area (Å²) >= 11 is 1.62. The molecule has 0 saturated carbocycles. The van der Waals surface area contributed by atoms with Gasteiger partial charge in [0.1, 0.15) is 11.6 Å². The first kappa shape index (κ1) is 15.1. The summed E-state index contributed by atoms with van der Waals surface area (Å²) in [7, 11) is 0. The molecule has 1 aromatic heterocycles. The van der Waals surface area contributed by atoms with Gasteiger partial charge in [0, 0.05) is 17.6 Å². The summed E-state index contributed by atoms with van der Waals surface area (Å²) in [6.45, 7) is 2.38. The van der Waals surface area contributed by atoms with Crippen molar-refractivity contribution in [3.8, 4) is 6.07 Å². The largest absolute Gasteiger partial charge is 0.331 e. The molecule has 6 heteroatoms. The third kappa shape index (κ3) is 3.09. The number of benzene rings is 1. The summed E-state index contributed by atoms with van der Waals surface area (Å²) in [4.78, 5) is 25.5. The summed E-state index contributed by atoms with van der Waals surface area (Å²) in [5.74, 6) is 0. The molecule has 108 valence electrons. The number of thioether (sulfide) groups is 1. The Morgan fingerprint density at radius 3 is 2.43 bits per heavy atom. The maximum atomic E-state index is 12.2. The molecule has 0 unspecified atom stereocenters. The van der Waals surface area contributed by atoms with Gasteiger partial charge in [0.05, 0.1) is 6.54 Å². The molecule has 5 nitrogen and oxygen atoms in total. The molecule has 2 aromatic rings. The van der Waals surface area contributed by atoms with Gasteiger partial charge in [-0.1, -0.05) is 12.1 Å². The first-order valence-corrected chi connectivity index (χ1v) is 7.70. The minimum atomic E-state index is -0.541.